The molecule has 50 heavy (non-hydrogen) atoms. The maximum Gasteiger partial charge on any atom is 0.307 e. The van der Waals surface area contributed by atoms with Gasteiger partial charge in [-0.1, -0.05) is 36.4 Å². The summed E-state index contributed by atoms with van der Waals surface area (Å²) in [5.74, 6) is -2.82. The van der Waals surface area contributed by atoms with Crippen molar-refractivity contribution in [1.29, 1.82) is 0 Å². The molecule has 4 aromatic rings. The predicted octanol–water partition coefficient (Wildman–Crippen LogP) is 7.91. The van der Waals surface area contributed by atoms with Crippen LogP contribution in [0.5, 0.6) is 0 Å². The van der Waals surface area contributed by atoms with Gasteiger partial charge in [0.15, 0.2) is 0 Å². The van der Waals surface area contributed by atoms with E-state index in [0.29, 0.717) is 47.9 Å². The lowest BCUT2D eigenvalue weighted by Gasteiger charge is -2.15. The molecule has 0 unspecified atom stereocenters. The molecule has 0 radical (unpaired) electrons. The van der Waals surface area contributed by atoms with Crippen molar-refractivity contribution in [3.8, 4) is 0 Å². The van der Waals surface area contributed by atoms with E-state index in [0.717, 1.165) is 34.2 Å². The third kappa shape index (κ3) is 12.1. The third-order valence-corrected chi connectivity index (χ3v) is 8.16. The molecule has 2 aliphatic rings. The van der Waals surface area contributed by atoms with Gasteiger partial charge in [0.05, 0.1) is 12.8 Å². The van der Waals surface area contributed by atoms with Crippen LogP contribution in [0.2, 0.25) is 0 Å². The number of rotatable bonds is 4. The maximum absolute atomic E-state index is 13.4. The molecule has 2 N–H and O–H groups in total. The Hall–Kier alpha value is -5.12. The Balaban J connectivity index is 0.000000180. The summed E-state index contributed by atoms with van der Waals surface area (Å²) in [6.07, 6.45) is 2.95. The van der Waals surface area contributed by atoms with Crippen molar-refractivity contribution in [2.24, 2.45) is 0 Å². The van der Waals surface area contributed by atoms with Crippen molar-refractivity contribution in [3.63, 3.8) is 0 Å². The number of fused-ring (bicyclic) bond motifs is 2. The van der Waals surface area contributed by atoms with Crippen LogP contribution in [0.1, 0.15) is 68.5 Å². The number of benzene rings is 4. The van der Waals surface area contributed by atoms with Gasteiger partial charge >= 0.3 is 11.9 Å². The van der Waals surface area contributed by atoms with Crippen molar-refractivity contribution in [2.75, 3.05) is 0 Å². The van der Waals surface area contributed by atoms with Crippen LogP contribution in [0.4, 0.5) is 17.6 Å². The van der Waals surface area contributed by atoms with E-state index in [1.807, 2.05) is 19.1 Å². The number of carbonyl (C=O) groups excluding carboxylic acids is 2. The Bertz CT molecular complexity index is 1900. The summed E-state index contributed by atoms with van der Waals surface area (Å²) < 4.78 is 52.3. The van der Waals surface area contributed by atoms with Crippen molar-refractivity contribution in [1.82, 2.24) is 0 Å². The van der Waals surface area contributed by atoms with E-state index in [2.05, 4.69) is 0 Å². The van der Waals surface area contributed by atoms with Crippen molar-refractivity contribution < 1.29 is 47.0 Å². The van der Waals surface area contributed by atoms with E-state index in [4.69, 9.17) is 10.2 Å². The molecule has 0 saturated heterocycles. The maximum atomic E-state index is 13.4. The summed E-state index contributed by atoms with van der Waals surface area (Å²) >= 11 is 0. The standard InChI is InChI=1S/2C11H11FO.2C9H9FO2/c1-7-4-8-2-3-10(13)5-9(8)6-11(7)12;1-7-4-8-2-3-9(13)6-10(8)11(12)5-7;1-6-2-3-7(4-8(6)10)5-9(11)12;1-6-2-3-7(5-9(11)12)8(10)4-6/h4,6H,2-3,5H2,1H3;4-5H,2-3,6H2,1H3;2*2-4H,5H2,1H3,(H,11,12). The molecule has 0 aromatic heterocycles. The number of aryl methyl sites for hydroxylation is 6. The fourth-order valence-corrected chi connectivity index (χ4v) is 5.46. The number of Topliss-reactive ketones (excluding diaryl/α,β-unsaturated/α-hetero) is 2. The van der Waals surface area contributed by atoms with Gasteiger partial charge in [0.2, 0.25) is 0 Å². The molecule has 2 aliphatic carbocycles. The zero-order chi connectivity index (χ0) is 37.1. The summed E-state index contributed by atoms with van der Waals surface area (Å²) in [7, 11) is 0. The summed E-state index contributed by atoms with van der Waals surface area (Å²) in [5, 5.41) is 16.8. The normalized spacial score (nSPS) is 12.9. The first-order chi connectivity index (χ1) is 23.5. The van der Waals surface area contributed by atoms with E-state index in [1.54, 1.807) is 39.0 Å². The molecule has 0 aliphatic heterocycles. The minimum Gasteiger partial charge on any atom is -0.481 e. The summed E-state index contributed by atoms with van der Waals surface area (Å²) in [6, 6.07) is 15.8. The molecule has 6 rings (SSSR count). The van der Waals surface area contributed by atoms with Crippen LogP contribution in [0.25, 0.3) is 0 Å². The molecule has 0 atom stereocenters. The Labute approximate surface area is 288 Å². The Kier molecular flexibility index (Phi) is 14.2. The molecule has 0 heterocycles. The quantitative estimate of drug-likeness (QED) is 0.211. The molecule has 10 heteroatoms. The number of aliphatic carboxylic acids is 2. The highest BCUT2D eigenvalue weighted by Gasteiger charge is 2.19. The molecule has 0 bridgehead atoms. The molecule has 0 spiro atoms. The largest absolute Gasteiger partial charge is 0.481 e. The Morgan fingerprint density at radius 3 is 1.78 bits per heavy atom. The van der Waals surface area contributed by atoms with E-state index < -0.39 is 17.8 Å². The third-order valence-electron chi connectivity index (χ3n) is 8.16. The first kappa shape index (κ1) is 39.3. The number of hydrogen-bond acceptors (Lipinski definition) is 4. The van der Waals surface area contributed by atoms with Gasteiger partial charge in [-0.25, -0.2) is 17.6 Å². The van der Waals surface area contributed by atoms with Gasteiger partial charge in [0.25, 0.3) is 0 Å². The Morgan fingerprint density at radius 2 is 1.16 bits per heavy atom. The van der Waals surface area contributed by atoms with Crippen LogP contribution >= 0.6 is 0 Å². The summed E-state index contributed by atoms with van der Waals surface area (Å²) in [6.45, 7) is 7.03. The van der Waals surface area contributed by atoms with Crippen molar-refractivity contribution in [2.45, 2.75) is 79.1 Å². The molecule has 0 fully saturated rings. The highest BCUT2D eigenvalue weighted by Crippen LogP contribution is 2.24. The second kappa shape index (κ2) is 18.0. The molecule has 0 amide bonds. The topological polar surface area (TPSA) is 109 Å². The smallest absolute Gasteiger partial charge is 0.307 e. The van der Waals surface area contributed by atoms with Crippen LogP contribution in [0, 0.1) is 51.0 Å². The van der Waals surface area contributed by atoms with Crippen LogP contribution in [0.15, 0.2) is 60.7 Å². The van der Waals surface area contributed by atoms with Gasteiger partial charge in [-0.2, -0.15) is 0 Å². The molecule has 264 valence electrons. The minimum absolute atomic E-state index is 0.128. The zero-order valence-corrected chi connectivity index (χ0v) is 28.5. The van der Waals surface area contributed by atoms with E-state index in [-0.39, 0.29) is 53.8 Å². The average molecular weight is 693 g/mol. The molecular formula is C40H40F4O6. The number of carboxylic acid groups (broad SMARTS) is 2. The van der Waals surface area contributed by atoms with Gasteiger partial charge in [0, 0.05) is 25.7 Å². The van der Waals surface area contributed by atoms with E-state index >= 15 is 0 Å². The number of carbonyl (C=O) groups is 4. The number of halogens is 4. The summed E-state index contributed by atoms with van der Waals surface area (Å²) in [4.78, 5) is 42.7. The van der Waals surface area contributed by atoms with Gasteiger partial charge in [0.1, 0.15) is 34.8 Å². The van der Waals surface area contributed by atoms with Gasteiger partial charge in [-0.3, -0.25) is 19.2 Å². The molecule has 0 saturated carbocycles. The van der Waals surface area contributed by atoms with Crippen molar-refractivity contribution >= 4 is 23.5 Å². The zero-order valence-electron chi connectivity index (χ0n) is 28.5. The number of hydrogen-bond donors (Lipinski definition) is 2. The van der Waals surface area contributed by atoms with Crippen molar-refractivity contribution in [3.05, 3.63) is 140 Å². The highest BCUT2D eigenvalue weighted by atomic mass is 19.1. The lowest BCUT2D eigenvalue weighted by atomic mass is 9.89. The Morgan fingerprint density at radius 1 is 0.560 bits per heavy atom. The number of carboxylic acids is 2. The highest BCUT2D eigenvalue weighted by molar-refractivity contribution is 5.83. The lowest BCUT2D eigenvalue weighted by molar-refractivity contribution is -0.137. The lowest BCUT2D eigenvalue weighted by Crippen LogP contribution is -2.15. The van der Waals surface area contributed by atoms with Crippen LogP contribution in [-0.4, -0.2) is 33.7 Å². The van der Waals surface area contributed by atoms with Gasteiger partial charge < -0.3 is 10.2 Å². The summed E-state index contributed by atoms with van der Waals surface area (Å²) in [5.41, 5.74) is 7.29. The van der Waals surface area contributed by atoms with Crippen LogP contribution in [0.3, 0.4) is 0 Å². The van der Waals surface area contributed by atoms with Gasteiger partial charge in [-0.05, 0) is 120 Å². The van der Waals surface area contributed by atoms with Crippen LogP contribution in [-0.2, 0) is 57.7 Å². The minimum atomic E-state index is -1.02. The van der Waals surface area contributed by atoms with Gasteiger partial charge in [-0.15, -0.1) is 0 Å². The molecule has 6 nitrogen and oxygen atoms in total. The molecule has 4 aromatic carbocycles. The van der Waals surface area contributed by atoms with Crippen LogP contribution < -0.4 is 0 Å². The van der Waals surface area contributed by atoms with E-state index in [1.165, 1.54) is 30.3 Å². The first-order valence-electron chi connectivity index (χ1n) is 16.0. The second-order valence-electron chi connectivity index (χ2n) is 12.5. The predicted molar refractivity (Wildman–Crippen MR) is 181 cm³/mol. The number of ketones is 2. The first-order valence-corrected chi connectivity index (χ1v) is 16.0. The monoisotopic (exact) mass is 692 g/mol. The average Bonchev–Trinajstić information content (AvgIpc) is 3.02. The second-order valence-corrected chi connectivity index (χ2v) is 12.5. The van der Waals surface area contributed by atoms with E-state index in [9.17, 15) is 36.7 Å². The fourth-order valence-electron chi connectivity index (χ4n) is 5.46. The molecular weight excluding hydrogens is 652 g/mol. The SMILES string of the molecule is Cc1cc(F)c2c(c1)CCC(=O)C2.Cc1cc2c(cc1F)CC(=O)CC2.Cc1ccc(CC(=O)O)c(F)c1.Cc1ccc(CC(=O)O)cc1F. The fraction of sp³-hybridized carbons (Fsp3) is 0.300.